The molecule has 0 bridgehead atoms. The number of aromatic nitrogens is 6. The summed E-state index contributed by atoms with van der Waals surface area (Å²) in [7, 11) is 1.43. The number of hydrogen-bond donors (Lipinski definition) is 3. The zero-order chi connectivity index (χ0) is 27.4. The average Bonchev–Trinajstić information content (AvgIpc) is 3.29. The molecule has 2 aliphatic rings. The van der Waals surface area contributed by atoms with E-state index < -0.39 is 11.5 Å². The molecule has 0 radical (unpaired) electrons. The zero-order valence-electron chi connectivity index (χ0n) is 21.7. The summed E-state index contributed by atoms with van der Waals surface area (Å²) >= 11 is 0. The van der Waals surface area contributed by atoms with E-state index in [9.17, 15) is 10.1 Å². The molecule has 5 rings (SSSR count). The van der Waals surface area contributed by atoms with E-state index in [1.807, 2.05) is 0 Å². The molecule has 0 unspecified atom stereocenters. The molecule has 4 heterocycles. The van der Waals surface area contributed by atoms with Crippen molar-refractivity contribution in [2.45, 2.75) is 38.1 Å². The van der Waals surface area contributed by atoms with Crippen LogP contribution in [0.2, 0.25) is 0 Å². The number of aliphatic hydroxyl groups excluding tert-OH is 1. The van der Waals surface area contributed by atoms with Gasteiger partial charge in [0.2, 0.25) is 5.95 Å². The van der Waals surface area contributed by atoms with Crippen LogP contribution in [0.5, 0.6) is 5.75 Å². The number of aliphatic hydroxyl groups is 1. The van der Waals surface area contributed by atoms with Gasteiger partial charge in [0, 0.05) is 25.7 Å². The van der Waals surface area contributed by atoms with Gasteiger partial charge in [-0.05, 0) is 61.2 Å². The number of benzene rings is 1. The first-order chi connectivity index (χ1) is 19.0. The topological polar surface area (TPSA) is 159 Å². The molecule has 0 aliphatic carbocycles. The van der Waals surface area contributed by atoms with Gasteiger partial charge >= 0.3 is 5.69 Å². The number of nitriles is 1. The highest BCUT2D eigenvalue weighted by molar-refractivity contribution is 5.64. The number of fused-ring (bicyclic) bond motifs is 1. The van der Waals surface area contributed by atoms with Crippen LogP contribution < -0.4 is 21.1 Å². The summed E-state index contributed by atoms with van der Waals surface area (Å²) in [6, 6.07) is 5.06. The zero-order valence-corrected chi connectivity index (χ0v) is 21.7. The number of hydrogen-bond acceptors (Lipinski definition) is 11. The molecular weight excluding hydrogens is 507 g/mol. The average molecular weight is 539 g/mol. The molecule has 0 spiro atoms. The first kappa shape index (κ1) is 26.5. The quantitative estimate of drug-likeness (QED) is 0.363. The van der Waals surface area contributed by atoms with Crippen molar-refractivity contribution in [3.8, 4) is 17.5 Å². The van der Waals surface area contributed by atoms with E-state index in [1.165, 1.54) is 38.6 Å². The predicted molar refractivity (Wildman–Crippen MR) is 140 cm³/mol. The van der Waals surface area contributed by atoms with Crippen molar-refractivity contribution >= 4 is 17.5 Å². The lowest BCUT2D eigenvalue weighted by Gasteiger charge is -2.44. The van der Waals surface area contributed by atoms with E-state index in [0.717, 1.165) is 41.4 Å². The second-order valence-corrected chi connectivity index (χ2v) is 9.74. The third-order valence-corrected chi connectivity index (χ3v) is 7.26. The first-order valence-corrected chi connectivity index (χ1v) is 13.1. The summed E-state index contributed by atoms with van der Waals surface area (Å²) in [6.45, 7) is 2.55. The number of nitrogens with one attached hydrogen (secondary N) is 2. The van der Waals surface area contributed by atoms with Gasteiger partial charge in [0.15, 0.2) is 5.82 Å². The van der Waals surface area contributed by atoms with Gasteiger partial charge in [-0.15, -0.1) is 0 Å². The Morgan fingerprint density at radius 1 is 1.23 bits per heavy atom. The first-order valence-electron chi connectivity index (χ1n) is 13.1. The van der Waals surface area contributed by atoms with Gasteiger partial charge < -0.3 is 25.4 Å². The maximum atomic E-state index is 15.1. The molecule has 3 aromatic rings. The molecule has 2 atom stereocenters. The number of rotatable bonds is 9. The lowest BCUT2D eigenvalue weighted by atomic mass is 9.83. The summed E-state index contributed by atoms with van der Waals surface area (Å²) in [5, 5.41) is 32.4. The molecular formula is C25H31FN10O3. The summed E-state index contributed by atoms with van der Waals surface area (Å²) in [5.41, 5.74) is -0.204. The summed E-state index contributed by atoms with van der Waals surface area (Å²) < 4.78 is 22.5. The number of halogens is 1. The molecule has 13 nitrogen and oxygen atoms in total. The molecule has 206 valence electrons. The van der Waals surface area contributed by atoms with Crippen molar-refractivity contribution in [1.82, 2.24) is 34.7 Å². The van der Waals surface area contributed by atoms with Crippen LogP contribution in [0.15, 0.2) is 23.1 Å². The summed E-state index contributed by atoms with van der Waals surface area (Å²) in [4.78, 5) is 23.7. The minimum absolute atomic E-state index is 0.00189. The van der Waals surface area contributed by atoms with Crippen LogP contribution in [-0.2, 0) is 7.05 Å². The monoisotopic (exact) mass is 538 g/mol. The number of anilines is 3. The van der Waals surface area contributed by atoms with E-state index in [0.29, 0.717) is 24.3 Å². The van der Waals surface area contributed by atoms with Gasteiger partial charge in [-0.1, -0.05) is 6.42 Å². The minimum atomic E-state index is -0.703. The van der Waals surface area contributed by atoms with Gasteiger partial charge in [0.05, 0.1) is 18.5 Å². The maximum absolute atomic E-state index is 15.1. The second kappa shape index (κ2) is 11.7. The summed E-state index contributed by atoms with van der Waals surface area (Å²) in [5.74, 6) is 0.192. The Morgan fingerprint density at radius 2 is 2.08 bits per heavy atom. The van der Waals surface area contributed by atoms with E-state index in [4.69, 9.17) is 9.84 Å². The number of tetrazole rings is 1. The van der Waals surface area contributed by atoms with Crippen LogP contribution in [0.25, 0.3) is 5.69 Å². The number of ether oxygens (including phenoxy) is 1. The van der Waals surface area contributed by atoms with Crippen LogP contribution in [-0.4, -0.2) is 78.7 Å². The molecule has 0 saturated carbocycles. The Hall–Kier alpha value is -4.09. The third-order valence-electron chi connectivity index (χ3n) is 7.26. The van der Waals surface area contributed by atoms with Crippen LogP contribution in [0.4, 0.5) is 21.8 Å². The summed E-state index contributed by atoms with van der Waals surface area (Å²) in [6.07, 6.45) is 7.32. The van der Waals surface area contributed by atoms with Crippen LogP contribution >= 0.6 is 0 Å². The normalized spacial score (nSPS) is 19.2. The largest absolute Gasteiger partial charge is 0.489 e. The van der Waals surface area contributed by atoms with Crippen LogP contribution in [0.3, 0.4) is 0 Å². The predicted octanol–water partition coefficient (Wildman–Crippen LogP) is 1.56. The molecule has 3 N–H and O–H groups in total. The van der Waals surface area contributed by atoms with Crippen LogP contribution in [0, 0.1) is 23.1 Å². The Kier molecular flexibility index (Phi) is 7.99. The smallest absolute Gasteiger partial charge is 0.368 e. The molecule has 14 heteroatoms. The highest BCUT2D eigenvalue weighted by Crippen LogP contribution is 2.32. The van der Waals surface area contributed by atoms with E-state index >= 15 is 4.39 Å². The standard InChI is InChI=1S/C25H31FN10O3/c1-34-25(38)36(33-32-34)21-12-19(18(26)11-22(21)39-10-9-37)30-24-29-15-17(13-27)23(31-24)28-14-16-5-4-8-35-7-3-2-6-20(16)35/h11-12,15-16,20,37H,2-10,14H2,1H3,(H2,28,29,30,31)/t16-,20+/m0/s1. The van der Waals surface area contributed by atoms with Crippen molar-refractivity contribution in [1.29, 1.82) is 5.26 Å². The van der Waals surface area contributed by atoms with E-state index in [-0.39, 0.29) is 41.8 Å². The molecule has 2 aromatic heterocycles. The third kappa shape index (κ3) is 5.69. The molecule has 2 saturated heterocycles. The van der Waals surface area contributed by atoms with Crippen molar-refractivity contribution in [3.63, 3.8) is 0 Å². The second-order valence-electron chi connectivity index (χ2n) is 9.74. The number of piperidine rings is 2. The fraction of sp³-hybridized carbons (Fsp3) is 0.520. The fourth-order valence-corrected chi connectivity index (χ4v) is 5.36. The molecule has 0 amide bonds. The Bertz CT molecular complexity index is 1420. The molecule has 2 fully saturated rings. The fourth-order valence-electron chi connectivity index (χ4n) is 5.36. The van der Waals surface area contributed by atoms with E-state index in [1.54, 1.807) is 0 Å². The minimum Gasteiger partial charge on any atom is -0.489 e. The van der Waals surface area contributed by atoms with Gasteiger partial charge in [0.1, 0.15) is 35.5 Å². The lowest BCUT2D eigenvalue weighted by molar-refractivity contribution is 0.0649. The Balaban J connectivity index is 1.39. The van der Waals surface area contributed by atoms with Gasteiger partial charge in [0.25, 0.3) is 0 Å². The van der Waals surface area contributed by atoms with Crippen LogP contribution in [0.1, 0.15) is 37.7 Å². The number of aryl methyl sites for hydroxylation is 1. The van der Waals surface area contributed by atoms with E-state index in [2.05, 4.69) is 42.0 Å². The maximum Gasteiger partial charge on any atom is 0.368 e. The van der Waals surface area contributed by atoms with Crippen molar-refractivity contribution < 1.29 is 14.2 Å². The highest BCUT2D eigenvalue weighted by Gasteiger charge is 2.32. The van der Waals surface area contributed by atoms with Gasteiger partial charge in [-0.2, -0.15) is 19.6 Å². The highest BCUT2D eigenvalue weighted by atomic mass is 19.1. The van der Waals surface area contributed by atoms with Gasteiger partial charge in [-0.25, -0.2) is 14.2 Å². The number of nitrogens with zero attached hydrogens (tertiary/aromatic N) is 8. The SMILES string of the molecule is Cn1nnn(-c2cc(Nc3ncc(C#N)c(NC[C@@H]4CCCN5CCCC[C@H]45)n3)c(F)cc2OCCO)c1=O. The molecule has 1 aromatic carbocycles. The molecule has 2 aliphatic heterocycles. The van der Waals surface area contributed by atoms with Gasteiger partial charge in [-0.3, -0.25) is 0 Å². The van der Waals surface area contributed by atoms with Crippen molar-refractivity contribution in [2.75, 3.05) is 43.5 Å². The Labute approximate surface area is 224 Å². The Morgan fingerprint density at radius 3 is 2.85 bits per heavy atom. The lowest BCUT2D eigenvalue weighted by Crippen LogP contribution is -2.49. The van der Waals surface area contributed by atoms with Crippen molar-refractivity contribution in [3.05, 3.63) is 40.2 Å². The van der Waals surface area contributed by atoms with Crippen molar-refractivity contribution in [2.24, 2.45) is 13.0 Å². The molecule has 39 heavy (non-hydrogen) atoms.